The molecule has 0 bridgehead atoms. The molecule has 0 aliphatic carbocycles. The summed E-state index contributed by atoms with van der Waals surface area (Å²) in [6, 6.07) is 6.56. The van der Waals surface area contributed by atoms with Crippen molar-refractivity contribution in [2.45, 2.75) is 0 Å². The number of aryl methyl sites for hydroxylation is 2. The molecule has 0 atom stereocenters. The van der Waals surface area contributed by atoms with Crippen LogP contribution in [0.25, 0.3) is 22.2 Å². The maximum Gasteiger partial charge on any atom is 0.146 e. The molecule has 0 amide bonds. The average Bonchev–Trinajstić information content (AvgIpc) is 2.79. The van der Waals surface area contributed by atoms with E-state index >= 15 is 0 Å². The molecule has 2 aromatic heterocycles. The fourth-order valence-corrected chi connectivity index (χ4v) is 2.31. The van der Waals surface area contributed by atoms with E-state index in [1.54, 1.807) is 16.8 Å². The monoisotopic (exact) mass is 244 g/mol. The quantitative estimate of drug-likeness (QED) is 0.714. The average molecular weight is 244 g/mol. The Kier molecular flexibility index (Phi) is 2.16. The summed E-state index contributed by atoms with van der Waals surface area (Å²) in [5.41, 5.74) is 8.47. The first-order valence-electron chi connectivity index (χ1n) is 5.61. The van der Waals surface area contributed by atoms with Gasteiger partial charge in [0.1, 0.15) is 11.6 Å². The highest BCUT2D eigenvalue weighted by atomic mass is 19.1. The van der Waals surface area contributed by atoms with Crippen molar-refractivity contribution in [1.82, 2.24) is 14.3 Å². The first-order chi connectivity index (χ1) is 8.56. The number of fused-ring (bicyclic) bond motifs is 1. The van der Waals surface area contributed by atoms with Crippen molar-refractivity contribution < 1.29 is 4.39 Å². The topological polar surface area (TPSA) is 48.8 Å². The Morgan fingerprint density at radius 3 is 2.67 bits per heavy atom. The molecular weight excluding hydrogens is 231 g/mol. The summed E-state index contributed by atoms with van der Waals surface area (Å²) in [5, 5.41) is 4.98. The molecule has 2 N–H and O–H groups in total. The number of nitrogens with zero attached hydrogens (tertiary/aromatic N) is 3. The van der Waals surface area contributed by atoms with Gasteiger partial charge in [0.05, 0.1) is 5.69 Å². The van der Waals surface area contributed by atoms with Crippen LogP contribution in [0.5, 0.6) is 0 Å². The van der Waals surface area contributed by atoms with Crippen LogP contribution in [0.1, 0.15) is 0 Å². The van der Waals surface area contributed by atoms with Crippen molar-refractivity contribution in [3.8, 4) is 11.3 Å². The number of hydrogen-bond donors (Lipinski definition) is 1. The van der Waals surface area contributed by atoms with Crippen LogP contribution >= 0.6 is 0 Å². The maximum absolute atomic E-state index is 13.4. The van der Waals surface area contributed by atoms with Crippen LogP contribution in [0.2, 0.25) is 0 Å². The number of benzene rings is 1. The molecule has 3 aromatic rings. The Hall–Kier alpha value is -2.30. The summed E-state index contributed by atoms with van der Waals surface area (Å²) in [4.78, 5) is 0. The highest BCUT2D eigenvalue weighted by Gasteiger charge is 2.13. The lowest BCUT2D eigenvalue weighted by molar-refractivity contribution is 0.629. The Labute approximate surface area is 103 Å². The fourth-order valence-electron chi connectivity index (χ4n) is 2.31. The Morgan fingerprint density at radius 1 is 1.22 bits per heavy atom. The highest BCUT2D eigenvalue weighted by molar-refractivity contribution is 5.95. The van der Waals surface area contributed by atoms with Gasteiger partial charge in [-0.1, -0.05) is 0 Å². The first kappa shape index (κ1) is 10.8. The summed E-state index contributed by atoms with van der Waals surface area (Å²) in [7, 11) is 3.76. The van der Waals surface area contributed by atoms with Gasteiger partial charge in [-0.05, 0) is 18.2 Å². The molecule has 0 saturated heterocycles. The molecule has 0 spiro atoms. The Balaban J connectivity index is 2.35. The van der Waals surface area contributed by atoms with Gasteiger partial charge in [-0.2, -0.15) is 5.10 Å². The fraction of sp³-hybridized carbons (Fsp3) is 0.154. The molecule has 5 heteroatoms. The zero-order valence-corrected chi connectivity index (χ0v) is 10.2. The van der Waals surface area contributed by atoms with Crippen LogP contribution in [0, 0.1) is 5.82 Å². The number of nitrogens with two attached hydrogens (primary N) is 1. The smallest absolute Gasteiger partial charge is 0.146 e. The summed E-state index contributed by atoms with van der Waals surface area (Å²) >= 11 is 0. The van der Waals surface area contributed by atoms with Crippen LogP contribution in [-0.4, -0.2) is 14.3 Å². The first-order valence-corrected chi connectivity index (χ1v) is 5.61. The zero-order chi connectivity index (χ0) is 12.9. The number of aromatic nitrogens is 3. The Bertz CT molecular complexity index is 739. The van der Waals surface area contributed by atoms with Crippen molar-refractivity contribution in [2.24, 2.45) is 14.1 Å². The molecule has 0 aliphatic heterocycles. The molecule has 0 saturated carbocycles. The second-order valence-corrected chi connectivity index (χ2v) is 4.39. The molecule has 4 nitrogen and oxygen atoms in total. The molecular formula is C13H13FN4. The predicted molar refractivity (Wildman–Crippen MR) is 69.5 cm³/mol. The summed E-state index contributed by atoms with van der Waals surface area (Å²) < 4.78 is 17.1. The molecule has 0 aliphatic rings. The van der Waals surface area contributed by atoms with Crippen molar-refractivity contribution in [2.75, 3.05) is 5.73 Å². The van der Waals surface area contributed by atoms with Crippen molar-refractivity contribution >= 4 is 16.7 Å². The normalized spacial score (nSPS) is 11.3. The van der Waals surface area contributed by atoms with E-state index in [0.29, 0.717) is 5.82 Å². The van der Waals surface area contributed by atoms with Crippen LogP contribution in [-0.2, 0) is 14.1 Å². The van der Waals surface area contributed by atoms with Gasteiger partial charge in [0.25, 0.3) is 0 Å². The molecule has 3 rings (SSSR count). The van der Waals surface area contributed by atoms with Crippen molar-refractivity contribution in [1.29, 1.82) is 0 Å². The van der Waals surface area contributed by atoms with Gasteiger partial charge in [0.2, 0.25) is 0 Å². The number of anilines is 1. The lowest BCUT2D eigenvalue weighted by Crippen LogP contribution is -1.94. The summed E-state index contributed by atoms with van der Waals surface area (Å²) in [6.07, 6.45) is 1.96. The third kappa shape index (κ3) is 1.48. The third-order valence-corrected chi connectivity index (χ3v) is 3.13. The minimum absolute atomic E-state index is 0.245. The van der Waals surface area contributed by atoms with E-state index in [4.69, 9.17) is 5.73 Å². The van der Waals surface area contributed by atoms with E-state index in [1.807, 2.05) is 24.9 Å². The molecule has 0 unspecified atom stereocenters. The number of hydrogen-bond acceptors (Lipinski definition) is 2. The Morgan fingerprint density at radius 2 is 2.00 bits per heavy atom. The van der Waals surface area contributed by atoms with Gasteiger partial charge in [0.15, 0.2) is 0 Å². The van der Waals surface area contributed by atoms with Gasteiger partial charge in [-0.3, -0.25) is 4.68 Å². The van der Waals surface area contributed by atoms with E-state index in [2.05, 4.69) is 5.10 Å². The number of nitrogen functional groups attached to an aromatic ring is 1. The molecule has 2 heterocycles. The van der Waals surface area contributed by atoms with Gasteiger partial charge < -0.3 is 10.3 Å². The van der Waals surface area contributed by atoms with Crippen LogP contribution in [0.3, 0.4) is 0 Å². The summed E-state index contributed by atoms with van der Waals surface area (Å²) in [6.45, 7) is 0. The van der Waals surface area contributed by atoms with Gasteiger partial charge in [0, 0.05) is 42.8 Å². The van der Waals surface area contributed by atoms with Crippen LogP contribution < -0.4 is 5.73 Å². The molecule has 1 aromatic carbocycles. The van der Waals surface area contributed by atoms with Crippen molar-refractivity contribution in [3.05, 3.63) is 36.3 Å². The van der Waals surface area contributed by atoms with Gasteiger partial charge in [-0.15, -0.1) is 0 Å². The maximum atomic E-state index is 13.4. The van der Waals surface area contributed by atoms with Gasteiger partial charge in [-0.25, -0.2) is 4.39 Å². The number of halogens is 1. The lowest BCUT2D eigenvalue weighted by Gasteiger charge is -1.99. The minimum Gasteiger partial charge on any atom is -0.382 e. The summed E-state index contributed by atoms with van der Waals surface area (Å²) in [5.74, 6) is 0.214. The molecule has 0 fully saturated rings. The van der Waals surface area contributed by atoms with Crippen LogP contribution in [0.15, 0.2) is 30.5 Å². The SMILES string of the molecule is Cn1nc(N)cc1-c1cn(C)c2ccc(F)cc12. The molecule has 0 radical (unpaired) electrons. The van der Waals surface area contributed by atoms with Gasteiger partial charge >= 0.3 is 0 Å². The second-order valence-electron chi connectivity index (χ2n) is 4.39. The third-order valence-electron chi connectivity index (χ3n) is 3.13. The second kappa shape index (κ2) is 3.60. The standard InChI is InChI=1S/C13H13FN4/c1-17-7-10(12-6-13(15)16-18(12)2)9-5-8(14)3-4-11(9)17/h3-7H,1-2H3,(H2,15,16). The van der Waals surface area contributed by atoms with E-state index in [1.165, 1.54) is 12.1 Å². The van der Waals surface area contributed by atoms with Crippen LogP contribution in [0.4, 0.5) is 10.2 Å². The number of rotatable bonds is 1. The minimum atomic E-state index is -0.245. The molecule has 18 heavy (non-hydrogen) atoms. The lowest BCUT2D eigenvalue weighted by atomic mass is 10.1. The van der Waals surface area contributed by atoms with E-state index in [0.717, 1.165) is 22.2 Å². The zero-order valence-electron chi connectivity index (χ0n) is 10.2. The van der Waals surface area contributed by atoms with Crippen molar-refractivity contribution in [3.63, 3.8) is 0 Å². The van der Waals surface area contributed by atoms with E-state index in [-0.39, 0.29) is 5.82 Å². The molecule has 92 valence electrons. The highest BCUT2D eigenvalue weighted by Crippen LogP contribution is 2.31. The predicted octanol–water partition coefficient (Wildman–Crippen LogP) is 2.30. The van der Waals surface area contributed by atoms with E-state index < -0.39 is 0 Å². The largest absolute Gasteiger partial charge is 0.382 e. The van der Waals surface area contributed by atoms with E-state index in [9.17, 15) is 4.39 Å².